The maximum atomic E-state index is 13.2. The number of carbonyl (C=O) groups is 1. The van der Waals surface area contributed by atoms with Crippen molar-refractivity contribution in [2.45, 2.75) is 31.6 Å². The zero-order valence-corrected chi connectivity index (χ0v) is 18.3. The average Bonchev–Trinajstić information content (AvgIpc) is 2.71. The predicted octanol–water partition coefficient (Wildman–Crippen LogP) is 4.00. The van der Waals surface area contributed by atoms with Crippen LogP contribution in [-0.2, 0) is 14.8 Å². The topological polar surface area (TPSA) is 75.7 Å². The van der Waals surface area contributed by atoms with E-state index in [0.29, 0.717) is 35.8 Å². The van der Waals surface area contributed by atoms with Crippen molar-refractivity contribution in [1.82, 2.24) is 4.31 Å². The van der Waals surface area contributed by atoms with Crippen LogP contribution in [0.5, 0.6) is 5.75 Å². The Morgan fingerprint density at radius 2 is 2.00 bits per heavy atom. The number of hydrogen-bond acceptors (Lipinski definition) is 4. The Bertz CT molecular complexity index is 1020. The van der Waals surface area contributed by atoms with Crippen LogP contribution in [0.25, 0.3) is 0 Å². The summed E-state index contributed by atoms with van der Waals surface area (Å²) >= 11 is 6.12. The lowest BCUT2D eigenvalue weighted by Crippen LogP contribution is -2.43. The predicted molar refractivity (Wildman–Crippen MR) is 114 cm³/mol. The van der Waals surface area contributed by atoms with Crippen molar-refractivity contribution in [2.24, 2.45) is 5.92 Å². The summed E-state index contributed by atoms with van der Waals surface area (Å²) in [4.78, 5) is 12.9. The molecule has 1 N–H and O–H groups in total. The van der Waals surface area contributed by atoms with E-state index in [1.54, 1.807) is 36.4 Å². The van der Waals surface area contributed by atoms with Gasteiger partial charge in [-0.1, -0.05) is 23.7 Å². The molecule has 6 nitrogen and oxygen atoms in total. The van der Waals surface area contributed by atoms with Gasteiger partial charge in [-0.05, 0) is 62.1 Å². The molecule has 1 atom stereocenters. The first-order valence-electron chi connectivity index (χ1n) is 9.45. The van der Waals surface area contributed by atoms with Crippen molar-refractivity contribution in [3.8, 4) is 5.75 Å². The highest BCUT2D eigenvalue weighted by molar-refractivity contribution is 7.89. The number of halogens is 1. The van der Waals surface area contributed by atoms with Gasteiger partial charge in [0.25, 0.3) is 0 Å². The first-order chi connectivity index (χ1) is 13.7. The second-order valence-corrected chi connectivity index (χ2v) is 9.57. The minimum Gasteiger partial charge on any atom is -0.495 e. The van der Waals surface area contributed by atoms with E-state index >= 15 is 0 Å². The highest BCUT2D eigenvalue weighted by atomic mass is 35.5. The van der Waals surface area contributed by atoms with Crippen LogP contribution in [0.1, 0.15) is 24.0 Å². The maximum Gasteiger partial charge on any atom is 0.246 e. The Morgan fingerprint density at radius 3 is 2.72 bits per heavy atom. The third-order valence-electron chi connectivity index (χ3n) is 5.22. The summed E-state index contributed by atoms with van der Waals surface area (Å²) < 4.78 is 33.1. The van der Waals surface area contributed by atoms with Crippen LogP contribution in [0.15, 0.2) is 41.3 Å². The van der Waals surface area contributed by atoms with E-state index in [1.807, 2.05) is 13.8 Å². The van der Waals surface area contributed by atoms with Crippen LogP contribution in [0.3, 0.4) is 0 Å². The molecule has 0 radical (unpaired) electrons. The van der Waals surface area contributed by atoms with E-state index in [2.05, 4.69) is 5.32 Å². The van der Waals surface area contributed by atoms with E-state index < -0.39 is 15.9 Å². The fourth-order valence-electron chi connectivity index (χ4n) is 3.48. The zero-order chi connectivity index (χ0) is 21.2. The number of hydrogen-bond donors (Lipinski definition) is 1. The van der Waals surface area contributed by atoms with Gasteiger partial charge in [-0.3, -0.25) is 4.79 Å². The van der Waals surface area contributed by atoms with Crippen LogP contribution in [0.4, 0.5) is 5.69 Å². The number of carbonyl (C=O) groups excluding carboxylic acids is 1. The fourth-order valence-corrected chi connectivity index (χ4v) is 5.42. The molecule has 3 rings (SSSR count). The number of piperidine rings is 1. The monoisotopic (exact) mass is 436 g/mol. The molecule has 0 spiro atoms. The number of benzene rings is 2. The first-order valence-corrected chi connectivity index (χ1v) is 11.3. The number of ether oxygens (including phenoxy) is 1. The molecule has 1 saturated heterocycles. The Morgan fingerprint density at radius 1 is 1.24 bits per heavy atom. The third-order valence-corrected chi connectivity index (χ3v) is 7.51. The number of amides is 1. The molecular formula is C21H25ClN2O4S. The number of rotatable bonds is 5. The van der Waals surface area contributed by atoms with Gasteiger partial charge >= 0.3 is 0 Å². The first kappa shape index (κ1) is 21.6. The Labute approximate surface area is 176 Å². The second kappa shape index (κ2) is 8.73. The van der Waals surface area contributed by atoms with Gasteiger partial charge in [0.15, 0.2) is 0 Å². The molecule has 0 aromatic heterocycles. The van der Waals surface area contributed by atoms with Gasteiger partial charge in [0.05, 0.1) is 13.0 Å². The molecular weight excluding hydrogens is 412 g/mol. The Kier molecular flexibility index (Phi) is 6.51. The number of nitrogens with zero attached hydrogens (tertiary/aromatic N) is 1. The normalized spacial score (nSPS) is 17.7. The summed E-state index contributed by atoms with van der Waals surface area (Å²) in [6.45, 7) is 4.17. The largest absolute Gasteiger partial charge is 0.495 e. The van der Waals surface area contributed by atoms with Crippen molar-refractivity contribution in [2.75, 3.05) is 25.5 Å². The van der Waals surface area contributed by atoms with Crippen LogP contribution < -0.4 is 10.1 Å². The van der Waals surface area contributed by atoms with Crippen LogP contribution in [0, 0.1) is 19.8 Å². The quantitative estimate of drug-likeness (QED) is 0.768. The Hall–Kier alpha value is -2.09. The summed E-state index contributed by atoms with van der Waals surface area (Å²) in [6, 6.07) is 10.4. The molecule has 2 aromatic rings. The highest BCUT2D eigenvalue weighted by Gasteiger charge is 2.35. The smallest absolute Gasteiger partial charge is 0.246 e. The number of nitrogens with one attached hydrogen (secondary N) is 1. The molecule has 1 heterocycles. The molecule has 1 fully saturated rings. The van der Waals surface area contributed by atoms with Crippen molar-refractivity contribution >= 4 is 33.2 Å². The van der Waals surface area contributed by atoms with E-state index in [4.69, 9.17) is 16.3 Å². The lowest BCUT2D eigenvalue weighted by atomic mass is 9.98. The minimum absolute atomic E-state index is 0.130. The number of aryl methyl sites for hydroxylation is 1. The lowest BCUT2D eigenvalue weighted by molar-refractivity contribution is -0.120. The van der Waals surface area contributed by atoms with Gasteiger partial charge in [0.2, 0.25) is 15.9 Å². The third kappa shape index (κ3) is 4.57. The standard InChI is InChI=1S/C21H25ClN2O4S/c1-14-9-10-19(28-3)20(12-14)29(26,27)24-11-5-6-16(13-24)21(25)23-18-8-4-7-17(22)15(18)2/h4,7-10,12,16H,5-6,11,13H2,1-3H3,(H,23,25)/t16-/m0/s1. The minimum atomic E-state index is -3.77. The fraction of sp³-hybridized carbons (Fsp3) is 0.381. The van der Waals surface area contributed by atoms with Gasteiger partial charge in [0, 0.05) is 23.8 Å². The summed E-state index contributed by atoms with van der Waals surface area (Å²) in [5.41, 5.74) is 2.25. The molecule has 156 valence electrons. The lowest BCUT2D eigenvalue weighted by Gasteiger charge is -2.31. The van der Waals surface area contributed by atoms with Crippen LogP contribution >= 0.6 is 11.6 Å². The molecule has 8 heteroatoms. The van der Waals surface area contributed by atoms with Gasteiger partial charge in [-0.2, -0.15) is 4.31 Å². The number of anilines is 1. The van der Waals surface area contributed by atoms with E-state index in [1.165, 1.54) is 11.4 Å². The second-order valence-electron chi connectivity index (χ2n) is 7.26. The number of sulfonamides is 1. The molecule has 1 aliphatic rings. The van der Waals surface area contributed by atoms with E-state index in [9.17, 15) is 13.2 Å². The molecule has 29 heavy (non-hydrogen) atoms. The van der Waals surface area contributed by atoms with Crippen molar-refractivity contribution in [1.29, 1.82) is 0 Å². The zero-order valence-electron chi connectivity index (χ0n) is 16.7. The molecule has 0 unspecified atom stereocenters. The van der Waals surface area contributed by atoms with Gasteiger partial charge < -0.3 is 10.1 Å². The highest BCUT2D eigenvalue weighted by Crippen LogP contribution is 2.31. The van der Waals surface area contributed by atoms with Crippen LogP contribution in [-0.4, -0.2) is 38.8 Å². The summed E-state index contributed by atoms with van der Waals surface area (Å²) in [6.07, 6.45) is 1.24. The van der Waals surface area contributed by atoms with Crippen molar-refractivity contribution < 1.29 is 17.9 Å². The van der Waals surface area contributed by atoms with Gasteiger partial charge in [0.1, 0.15) is 10.6 Å². The molecule has 0 bridgehead atoms. The number of methoxy groups -OCH3 is 1. The maximum absolute atomic E-state index is 13.2. The molecule has 2 aromatic carbocycles. The molecule has 1 aliphatic heterocycles. The summed E-state index contributed by atoms with van der Waals surface area (Å²) in [7, 11) is -2.33. The molecule has 1 amide bonds. The molecule has 0 aliphatic carbocycles. The van der Waals surface area contributed by atoms with Gasteiger partial charge in [-0.25, -0.2) is 8.42 Å². The van der Waals surface area contributed by atoms with Crippen LogP contribution in [0.2, 0.25) is 5.02 Å². The van der Waals surface area contributed by atoms with Crippen molar-refractivity contribution in [3.05, 3.63) is 52.5 Å². The van der Waals surface area contributed by atoms with E-state index in [0.717, 1.165) is 11.1 Å². The molecule has 0 saturated carbocycles. The SMILES string of the molecule is COc1ccc(C)cc1S(=O)(=O)N1CCC[C@H](C(=O)Nc2cccc(Cl)c2C)C1. The average molecular weight is 437 g/mol. The van der Waals surface area contributed by atoms with E-state index in [-0.39, 0.29) is 17.3 Å². The Balaban J connectivity index is 1.80. The summed E-state index contributed by atoms with van der Waals surface area (Å²) in [5, 5.41) is 3.47. The van der Waals surface area contributed by atoms with Crippen molar-refractivity contribution in [3.63, 3.8) is 0 Å². The summed E-state index contributed by atoms with van der Waals surface area (Å²) in [5.74, 6) is -0.337. The van der Waals surface area contributed by atoms with Gasteiger partial charge in [-0.15, -0.1) is 0 Å².